The van der Waals surface area contributed by atoms with E-state index in [-0.39, 0.29) is 35.4 Å². The van der Waals surface area contributed by atoms with Crippen molar-refractivity contribution in [2.45, 2.75) is 30.8 Å². The van der Waals surface area contributed by atoms with Gasteiger partial charge in [-0.3, -0.25) is 14.3 Å². The van der Waals surface area contributed by atoms with Crippen LogP contribution in [0.3, 0.4) is 0 Å². The molecule has 0 aromatic heterocycles. The number of ether oxygens (including phenoxy) is 1. The normalized spacial score (nSPS) is 11.8. The highest BCUT2D eigenvalue weighted by Crippen LogP contribution is 2.25. The second-order valence-corrected chi connectivity index (χ2v) is 11.2. The van der Waals surface area contributed by atoms with Crippen molar-refractivity contribution in [2.75, 3.05) is 17.9 Å². The fourth-order valence-corrected chi connectivity index (χ4v) is 5.29. The van der Waals surface area contributed by atoms with E-state index in [4.69, 9.17) is 4.74 Å². The first-order valence-corrected chi connectivity index (χ1v) is 14.9. The zero-order chi connectivity index (χ0) is 30.0. The molecule has 0 radical (unpaired) electrons. The standard InChI is InChI=1S/C32H32FN3O5S/c1-2-21-34-32(38)31(25-11-7-4-8-12-25)36(22-24-9-5-3-6-10-24)30(37)23-41-28-17-19-29(20-18-28)42(39,40)35-27-15-13-26(33)14-16-27/h3-20,31,35H,2,21-23H2,1H3,(H,34,38)/t31-/m1/s1. The van der Waals surface area contributed by atoms with E-state index in [1.807, 2.05) is 67.6 Å². The first kappa shape index (κ1) is 30.3. The summed E-state index contributed by atoms with van der Waals surface area (Å²) in [7, 11) is -3.93. The Morgan fingerprint density at radius 3 is 2.10 bits per heavy atom. The molecule has 2 amide bonds. The third kappa shape index (κ3) is 8.17. The number of hydrogen-bond acceptors (Lipinski definition) is 5. The van der Waals surface area contributed by atoms with Gasteiger partial charge in [0.25, 0.3) is 15.9 Å². The summed E-state index contributed by atoms with van der Waals surface area (Å²) in [6, 6.07) is 28.1. The van der Waals surface area contributed by atoms with Gasteiger partial charge in [-0.1, -0.05) is 67.6 Å². The van der Waals surface area contributed by atoms with Crippen LogP contribution in [0.4, 0.5) is 10.1 Å². The van der Waals surface area contributed by atoms with Crippen molar-refractivity contribution in [1.82, 2.24) is 10.2 Å². The van der Waals surface area contributed by atoms with Crippen molar-refractivity contribution in [2.24, 2.45) is 0 Å². The first-order valence-electron chi connectivity index (χ1n) is 13.4. The molecule has 0 saturated heterocycles. The van der Waals surface area contributed by atoms with E-state index in [1.165, 1.54) is 41.3 Å². The highest BCUT2D eigenvalue weighted by molar-refractivity contribution is 7.92. The lowest BCUT2D eigenvalue weighted by molar-refractivity contribution is -0.143. The van der Waals surface area contributed by atoms with E-state index in [0.717, 1.165) is 24.1 Å². The SMILES string of the molecule is CCCNC(=O)[C@@H](c1ccccc1)N(Cc1ccccc1)C(=O)COc1ccc(S(=O)(=O)Nc2ccc(F)cc2)cc1. The molecular weight excluding hydrogens is 557 g/mol. The molecule has 4 aromatic carbocycles. The third-order valence-corrected chi connectivity index (χ3v) is 7.73. The fraction of sp³-hybridized carbons (Fsp3) is 0.188. The van der Waals surface area contributed by atoms with E-state index in [1.54, 1.807) is 0 Å². The van der Waals surface area contributed by atoms with Gasteiger partial charge in [0.05, 0.1) is 4.90 Å². The summed E-state index contributed by atoms with van der Waals surface area (Å²) in [5.41, 5.74) is 1.73. The van der Waals surface area contributed by atoms with Crippen LogP contribution in [-0.2, 0) is 26.2 Å². The Labute approximate surface area is 245 Å². The highest BCUT2D eigenvalue weighted by atomic mass is 32.2. The first-order chi connectivity index (χ1) is 20.3. The zero-order valence-corrected chi connectivity index (χ0v) is 23.9. The fourth-order valence-electron chi connectivity index (χ4n) is 4.23. The minimum atomic E-state index is -3.93. The smallest absolute Gasteiger partial charge is 0.261 e. The number of amides is 2. The molecule has 42 heavy (non-hydrogen) atoms. The van der Waals surface area contributed by atoms with Crippen molar-refractivity contribution in [3.63, 3.8) is 0 Å². The van der Waals surface area contributed by atoms with E-state index >= 15 is 0 Å². The van der Waals surface area contributed by atoms with E-state index in [0.29, 0.717) is 12.1 Å². The zero-order valence-electron chi connectivity index (χ0n) is 23.1. The molecule has 10 heteroatoms. The van der Waals surface area contributed by atoms with Crippen LogP contribution in [0.5, 0.6) is 5.75 Å². The number of carbonyl (C=O) groups excluding carboxylic acids is 2. The lowest BCUT2D eigenvalue weighted by Gasteiger charge is -2.31. The van der Waals surface area contributed by atoms with Crippen LogP contribution in [0.2, 0.25) is 0 Å². The Morgan fingerprint density at radius 2 is 1.48 bits per heavy atom. The summed E-state index contributed by atoms with van der Waals surface area (Å²) >= 11 is 0. The molecule has 0 bridgehead atoms. The topological polar surface area (TPSA) is 105 Å². The molecule has 8 nitrogen and oxygen atoms in total. The minimum Gasteiger partial charge on any atom is -0.484 e. The molecule has 4 rings (SSSR count). The Morgan fingerprint density at radius 1 is 0.857 bits per heavy atom. The molecule has 0 fully saturated rings. The van der Waals surface area contributed by atoms with Gasteiger partial charge in [0, 0.05) is 18.8 Å². The Hall–Kier alpha value is -4.70. The van der Waals surface area contributed by atoms with Crippen LogP contribution in [-0.4, -0.2) is 38.3 Å². The second kappa shape index (κ2) is 14.3. The quantitative estimate of drug-likeness (QED) is 0.220. The Balaban J connectivity index is 1.52. The average molecular weight is 590 g/mol. The number of sulfonamides is 1. The summed E-state index contributed by atoms with van der Waals surface area (Å²) in [6.07, 6.45) is 0.744. The third-order valence-electron chi connectivity index (χ3n) is 6.33. The van der Waals surface area contributed by atoms with Crippen molar-refractivity contribution in [3.8, 4) is 5.75 Å². The maximum atomic E-state index is 13.7. The maximum Gasteiger partial charge on any atom is 0.261 e. The van der Waals surface area contributed by atoms with Gasteiger partial charge in [0.2, 0.25) is 5.91 Å². The number of rotatable bonds is 13. The number of carbonyl (C=O) groups is 2. The van der Waals surface area contributed by atoms with Gasteiger partial charge in [-0.15, -0.1) is 0 Å². The Bertz CT molecular complexity index is 1570. The lowest BCUT2D eigenvalue weighted by atomic mass is 10.0. The summed E-state index contributed by atoms with van der Waals surface area (Å²) in [5.74, 6) is -0.923. The van der Waals surface area contributed by atoms with Gasteiger partial charge in [-0.05, 0) is 66.1 Å². The van der Waals surface area contributed by atoms with Crippen LogP contribution < -0.4 is 14.8 Å². The van der Waals surface area contributed by atoms with E-state index in [2.05, 4.69) is 10.0 Å². The van der Waals surface area contributed by atoms with E-state index < -0.39 is 27.8 Å². The Kier molecular flexibility index (Phi) is 10.3. The molecular formula is C32H32FN3O5S. The number of anilines is 1. The molecule has 1 atom stereocenters. The summed E-state index contributed by atoms with van der Waals surface area (Å²) in [6.45, 7) is 2.22. The van der Waals surface area contributed by atoms with Crippen LogP contribution in [0, 0.1) is 5.82 Å². The molecule has 0 spiro atoms. The van der Waals surface area contributed by atoms with Gasteiger partial charge in [-0.2, -0.15) is 0 Å². The number of nitrogens with zero attached hydrogens (tertiary/aromatic N) is 1. The molecule has 0 saturated carbocycles. The van der Waals surface area contributed by atoms with Gasteiger partial charge in [-0.25, -0.2) is 12.8 Å². The predicted molar refractivity (Wildman–Crippen MR) is 159 cm³/mol. The van der Waals surface area contributed by atoms with Crippen molar-refractivity contribution in [3.05, 3.63) is 126 Å². The molecule has 0 heterocycles. The number of nitrogens with one attached hydrogen (secondary N) is 2. The number of benzene rings is 4. The maximum absolute atomic E-state index is 13.7. The molecule has 0 aliphatic carbocycles. The van der Waals surface area contributed by atoms with Crippen LogP contribution in [0.25, 0.3) is 0 Å². The molecule has 0 aliphatic heterocycles. The average Bonchev–Trinajstić information content (AvgIpc) is 3.01. The summed E-state index contributed by atoms with van der Waals surface area (Å²) in [4.78, 5) is 28.5. The molecule has 0 unspecified atom stereocenters. The van der Waals surface area contributed by atoms with Crippen molar-refractivity contribution >= 4 is 27.5 Å². The molecule has 4 aromatic rings. The minimum absolute atomic E-state index is 0.0343. The highest BCUT2D eigenvalue weighted by Gasteiger charge is 2.31. The molecule has 0 aliphatic rings. The molecule has 2 N–H and O–H groups in total. The lowest BCUT2D eigenvalue weighted by Crippen LogP contribution is -2.45. The van der Waals surface area contributed by atoms with Gasteiger partial charge >= 0.3 is 0 Å². The van der Waals surface area contributed by atoms with Crippen LogP contribution in [0.1, 0.15) is 30.5 Å². The van der Waals surface area contributed by atoms with Gasteiger partial charge in [0.1, 0.15) is 17.6 Å². The van der Waals surface area contributed by atoms with Crippen LogP contribution in [0.15, 0.2) is 114 Å². The van der Waals surface area contributed by atoms with Crippen molar-refractivity contribution < 1.29 is 27.1 Å². The number of hydrogen-bond donors (Lipinski definition) is 2. The molecule has 218 valence electrons. The largest absolute Gasteiger partial charge is 0.484 e. The second-order valence-electron chi connectivity index (χ2n) is 9.48. The van der Waals surface area contributed by atoms with Gasteiger partial charge in [0.15, 0.2) is 6.61 Å². The number of halogens is 1. The monoisotopic (exact) mass is 589 g/mol. The summed E-state index contributed by atoms with van der Waals surface area (Å²) in [5, 5.41) is 2.91. The summed E-state index contributed by atoms with van der Waals surface area (Å²) < 4.78 is 46.8. The van der Waals surface area contributed by atoms with Crippen molar-refractivity contribution in [1.29, 1.82) is 0 Å². The van der Waals surface area contributed by atoms with Crippen LogP contribution >= 0.6 is 0 Å². The van der Waals surface area contributed by atoms with E-state index in [9.17, 15) is 22.4 Å². The van der Waals surface area contributed by atoms with Gasteiger partial charge < -0.3 is 15.0 Å². The predicted octanol–water partition coefficient (Wildman–Crippen LogP) is 5.30.